The number of guanidine groups is 1. The van der Waals surface area contributed by atoms with Crippen molar-refractivity contribution in [3.8, 4) is 5.75 Å². The Morgan fingerprint density at radius 1 is 1.30 bits per heavy atom. The molecule has 1 aromatic carbocycles. The van der Waals surface area contributed by atoms with Crippen molar-refractivity contribution in [2.24, 2.45) is 4.99 Å². The maximum absolute atomic E-state index is 5.63. The van der Waals surface area contributed by atoms with Crippen LogP contribution in [0, 0.1) is 0 Å². The van der Waals surface area contributed by atoms with Gasteiger partial charge in [-0.25, -0.2) is 4.99 Å². The van der Waals surface area contributed by atoms with Crippen LogP contribution >= 0.6 is 0 Å². The van der Waals surface area contributed by atoms with Crippen LogP contribution in [0.25, 0.3) is 0 Å². The molecule has 0 atom stereocenters. The first-order valence-electron chi connectivity index (χ1n) is 7.42. The summed E-state index contributed by atoms with van der Waals surface area (Å²) in [5.74, 6) is 1.77. The molecule has 0 spiro atoms. The van der Waals surface area contributed by atoms with Gasteiger partial charge in [-0.05, 0) is 44.9 Å². The maximum Gasteiger partial charge on any atom is 0.191 e. The van der Waals surface area contributed by atoms with Crippen molar-refractivity contribution in [2.45, 2.75) is 46.7 Å². The Morgan fingerprint density at radius 2 is 2.10 bits per heavy atom. The predicted octanol–water partition coefficient (Wildman–Crippen LogP) is 2.94. The Balaban J connectivity index is 2.65. The summed E-state index contributed by atoms with van der Waals surface area (Å²) in [5, 5.41) is 6.55. The molecule has 0 bridgehead atoms. The fourth-order valence-corrected chi connectivity index (χ4v) is 1.72. The van der Waals surface area contributed by atoms with Gasteiger partial charge >= 0.3 is 0 Å². The van der Waals surface area contributed by atoms with Crippen LogP contribution < -0.4 is 15.4 Å². The second-order valence-electron chi connectivity index (χ2n) is 4.99. The SMILES string of the molecule is CCCOc1cccc(CN=C(NCC)NC(C)C)c1. The second-order valence-corrected chi connectivity index (χ2v) is 4.99. The van der Waals surface area contributed by atoms with Crippen LogP contribution in [0.5, 0.6) is 5.75 Å². The third kappa shape index (κ3) is 6.45. The van der Waals surface area contributed by atoms with Gasteiger partial charge in [0, 0.05) is 12.6 Å². The van der Waals surface area contributed by atoms with Crippen molar-refractivity contribution in [3.05, 3.63) is 29.8 Å². The summed E-state index contributed by atoms with van der Waals surface area (Å²) in [4.78, 5) is 4.58. The Labute approximate surface area is 122 Å². The molecule has 0 aliphatic rings. The number of aliphatic imine (C=N–C) groups is 1. The summed E-state index contributed by atoms with van der Waals surface area (Å²) in [5.41, 5.74) is 1.15. The molecule has 1 rings (SSSR count). The molecule has 0 unspecified atom stereocenters. The smallest absolute Gasteiger partial charge is 0.191 e. The van der Waals surface area contributed by atoms with E-state index in [1.54, 1.807) is 0 Å². The largest absolute Gasteiger partial charge is 0.494 e. The minimum Gasteiger partial charge on any atom is -0.494 e. The average molecular weight is 277 g/mol. The highest BCUT2D eigenvalue weighted by Crippen LogP contribution is 2.14. The minimum atomic E-state index is 0.368. The lowest BCUT2D eigenvalue weighted by atomic mass is 10.2. The van der Waals surface area contributed by atoms with Crippen LogP contribution in [0.2, 0.25) is 0 Å². The van der Waals surface area contributed by atoms with Crippen LogP contribution in [0.1, 0.15) is 39.7 Å². The van der Waals surface area contributed by atoms with Crippen molar-refractivity contribution in [1.29, 1.82) is 0 Å². The van der Waals surface area contributed by atoms with E-state index in [1.165, 1.54) is 0 Å². The number of hydrogen-bond donors (Lipinski definition) is 2. The quantitative estimate of drug-likeness (QED) is 0.595. The van der Waals surface area contributed by atoms with Gasteiger partial charge in [-0.3, -0.25) is 0 Å². The first kappa shape index (κ1) is 16.3. The van der Waals surface area contributed by atoms with Crippen molar-refractivity contribution >= 4 is 5.96 Å². The van der Waals surface area contributed by atoms with Gasteiger partial charge < -0.3 is 15.4 Å². The first-order valence-corrected chi connectivity index (χ1v) is 7.42. The molecule has 0 heterocycles. The molecule has 112 valence electrons. The molecule has 0 amide bonds. The summed E-state index contributed by atoms with van der Waals surface area (Å²) in [6.07, 6.45) is 1.02. The van der Waals surface area contributed by atoms with E-state index in [0.29, 0.717) is 12.6 Å². The molecule has 0 aliphatic heterocycles. The van der Waals surface area contributed by atoms with Gasteiger partial charge in [0.2, 0.25) is 0 Å². The summed E-state index contributed by atoms with van der Waals surface area (Å²) in [6, 6.07) is 8.49. The highest BCUT2D eigenvalue weighted by atomic mass is 16.5. The Hall–Kier alpha value is -1.71. The van der Waals surface area contributed by atoms with Gasteiger partial charge in [0.15, 0.2) is 5.96 Å². The van der Waals surface area contributed by atoms with Gasteiger partial charge in [0.1, 0.15) is 5.75 Å². The molecule has 0 radical (unpaired) electrons. The molecular formula is C16H27N3O. The van der Waals surface area contributed by atoms with E-state index in [0.717, 1.165) is 36.8 Å². The molecule has 0 fully saturated rings. The fraction of sp³-hybridized carbons (Fsp3) is 0.562. The van der Waals surface area contributed by atoms with Gasteiger partial charge in [-0.2, -0.15) is 0 Å². The fourth-order valence-electron chi connectivity index (χ4n) is 1.72. The van der Waals surface area contributed by atoms with Crippen LogP contribution in [-0.4, -0.2) is 25.2 Å². The lowest BCUT2D eigenvalue weighted by Gasteiger charge is -2.14. The summed E-state index contributed by atoms with van der Waals surface area (Å²) >= 11 is 0. The summed E-state index contributed by atoms with van der Waals surface area (Å²) < 4.78 is 5.63. The lowest BCUT2D eigenvalue weighted by molar-refractivity contribution is 0.317. The summed E-state index contributed by atoms with van der Waals surface area (Å²) in [6.45, 7) is 10.6. The monoisotopic (exact) mass is 277 g/mol. The average Bonchev–Trinajstić information content (AvgIpc) is 2.43. The molecule has 0 saturated heterocycles. The lowest BCUT2D eigenvalue weighted by Crippen LogP contribution is -2.40. The molecular weight excluding hydrogens is 250 g/mol. The van der Waals surface area contributed by atoms with Gasteiger partial charge in [-0.15, -0.1) is 0 Å². The molecule has 1 aromatic rings. The highest BCUT2D eigenvalue weighted by molar-refractivity contribution is 5.79. The van der Waals surface area contributed by atoms with Crippen molar-refractivity contribution in [1.82, 2.24) is 10.6 Å². The van der Waals surface area contributed by atoms with Gasteiger partial charge in [0.05, 0.1) is 13.2 Å². The number of hydrogen-bond acceptors (Lipinski definition) is 2. The van der Waals surface area contributed by atoms with Crippen molar-refractivity contribution in [3.63, 3.8) is 0 Å². The second kappa shape index (κ2) is 9.23. The van der Waals surface area contributed by atoms with Crippen LogP contribution in [0.15, 0.2) is 29.3 Å². The van der Waals surface area contributed by atoms with Gasteiger partial charge in [-0.1, -0.05) is 19.1 Å². The van der Waals surface area contributed by atoms with E-state index in [2.05, 4.69) is 55.5 Å². The summed E-state index contributed by atoms with van der Waals surface area (Å²) in [7, 11) is 0. The van der Waals surface area contributed by atoms with E-state index in [1.807, 2.05) is 12.1 Å². The standard InChI is InChI=1S/C16H27N3O/c1-5-10-20-15-9-7-8-14(11-15)12-18-16(17-6-2)19-13(3)4/h7-9,11,13H,5-6,10,12H2,1-4H3,(H2,17,18,19). The molecule has 4 heteroatoms. The zero-order valence-electron chi connectivity index (χ0n) is 13.1. The zero-order valence-corrected chi connectivity index (χ0v) is 13.1. The number of rotatable bonds is 7. The molecule has 0 aliphatic carbocycles. The van der Waals surface area contributed by atoms with E-state index in [4.69, 9.17) is 4.74 Å². The highest BCUT2D eigenvalue weighted by Gasteiger charge is 2.00. The number of nitrogens with one attached hydrogen (secondary N) is 2. The van der Waals surface area contributed by atoms with Gasteiger partial charge in [0.25, 0.3) is 0 Å². The van der Waals surface area contributed by atoms with Crippen molar-refractivity contribution < 1.29 is 4.74 Å². The predicted molar refractivity (Wildman–Crippen MR) is 85.3 cm³/mol. The molecule has 20 heavy (non-hydrogen) atoms. The first-order chi connectivity index (χ1) is 9.65. The molecule has 2 N–H and O–H groups in total. The van der Waals surface area contributed by atoms with E-state index in [9.17, 15) is 0 Å². The van der Waals surface area contributed by atoms with Crippen molar-refractivity contribution in [2.75, 3.05) is 13.2 Å². The van der Waals surface area contributed by atoms with E-state index < -0.39 is 0 Å². The Kier molecular flexibility index (Phi) is 7.55. The third-order valence-corrected chi connectivity index (χ3v) is 2.56. The molecule has 4 nitrogen and oxygen atoms in total. The topological polar surface area (TPSA) is 45.6 Å². The number of ether oxygens (including phenoxy) is 1. The number of nitrogens with zero attached hydrogens (tertiary/aromatic N) is 1. The maximum atomic E-state index is 5.63. The van der Waals surface area contributed by atoms with Crippen LogP contribution in [0.4, 0.5) is 0 Å². The number of benzene rings is 1. The van der Waals surface area contributed by atoms with E-state index in [-0.39, 0.29) is 0 Å². The zero-order chi connectivity index (χ0) is 14.8. The normalized spacial score (nSPS) is 11.6. The molecule has 0 aromatic heterocycles. The van der Waals surface area contributed by atoms with Crippen LogP contribution in [0.3, 0.4) is 0 Å². The minimum absolute atomic E-state index is 0.368. The molecule has 0 saturated carbocycles. The Bertz CT molecular complexity index is 416. The third-order valence-electron chi connectivity index (χ3n) is 2.56. The van der Waals surface area contributed by atoms with E-state index >= 15 is 0 Å². The van der Waals surface area contributed by atoms with Crippen LogP contribution in [-0.2, 0) is 6.54 Å². The Morgan fingerprint density at radius 3 is 2.75 bits per heavy atom.